The van der Waals surface area contributed by atoms with E-state index in [4.69, 9.17) is 4.74 Å². The fourth-order valence-corrected chi connectivity index (χ4v) is 4.08. The number of hydrogen-bond donors (Lipinski definition) is 1. The van der Waals surface area contributed by atoms with E-state index in [0.717, 1.165) is 27.2 Å². The zero-order chi connectivity index (χ0) is 19.3. The van der Waals surface area contributed by atoms with E-state index >= 15 is 0 Å². The molecule has 0 saturated heterocycles. The number of nitrogens with zero attached hydrogens (tertiary/aromatic N) is 1. The number of ether oxygens (including phenoxy) is 1. The summed E-state index contributed by atoms with van der Waals surface area (Å²) in [5.41, 5.74) is 1.83. The summed E-state index contributed by atoms with van der Waals surface area (Å²) in [4.78, 5) is 16.8. The molecule has 0 aliphatic heterocycles. The van der Waals surface area contributed by atoms with Crippen molar-refractivity contribution in [2.75, 3.05) is 11.1 Å². The van der Waals surface area contributed by atoms with Crippen LogP contribution in [0.15, 0.2) is 64.3 Å². The van der Waals surface area contributed by atoms with Crippen molar-refractivity contribution in [2.45, 2.75) is 30.5 Å². The molecule has 0 unspecified atom stereocenters. The Labute approximate surface area is 168 Å². The van der Waals surface area contributed by atoms with E-state index in [1.54, 1.807) is 11.3 Å². The molecule has 0 spiro atoms. The quantitative estimate of drug-likeness (QED) is 0.520. The second-order valence-corrected chi connectivity index (χ2v) is 9.11. The molecule has 1 heterocycles. The lowest BCUT2D eigenvalue weighted by Gasteiger charge is -2.14. The van der Waals surface area contributed by atoms with Crippen LogP contribution in [0.3, 0.4) is 0 Å². The van der Waals surface area contributed by atoms with Gasteiger partial charge in [-0.05, 0) is 36.4 Å². The van der Waals surface area contributed by atoms with Crippen molar-refractivity contribution in [2.24, 2.45) is 0 Å². The standard InChI is InChI=1S/C21H22N2O2S2/c1-21(2,3)18-13-26-20(23-18)27-14-19(24)22-15-9-11-17(12-10-15)25-16-7-5-4-6-8-16/h4-13H,14H2,1-3H3,(H,22,24). The fourth-order valence-electron chi connectivity index (χ4n) is 2.22. The van der Waals surface area contributed by atoms with E-state index < -0.39 is 0 Å². The summed E-state index contributed by atoms with van der Waals surface area (Å²) in [6, 6.07) is 16.9. The van der Waals surface area contributed by atoms with Crippen LogP contribution in [0.25, 0.3) is 0 Å². The van der Waals surface area contributed by atoms with Gasteiger partial charge < -0.3 is 10.1 Å². The number of aromatic nitrogens is 1. The smallest absolute Gasteiger partial charge is 0.234 e. The van der Waals surface area contributed by atoms with Gasteiger partial charge in [0.25, 0.3) is 0 Å². The molecule has 3 rings (SSSR count). The second-order valence-electron chi connectivity index (χ2n) is 7.02. The molecule has 6 heteroatoms. The summed E-state index contributed by atoms with van der Waals surface area (Å²) in [6.07, 6.45) is 0. The molecule has 3 aromatic rings. The van der Waals surface area contributed by atoms with Crippen LogP contribution in [-0.4, -0.2) is 16.6 Å². The number of para-hydroxylation sites is 1. The predicted octanol–water partition coefficient (Wildman–Crippen LogP) is 5.96. The molecule has 0 bridgehead atoms. The fraction of sp³-hybridized carbons (Fsp3) is 0.238. The van der Waals surface area contributed by atoms with Crippen LogP contribution in [0.4, 0.5) is 5.69 Å². The van der Waals surface area contributed by atoms with Gasteiger partial charge in [0, 0.05) is 16.5 Å². The summed E-state index contributed by atoms with van der Waals surface area (Å²) in [6.45, 7) is 6.40. The minimum atomic E-state index is -0.0516. The third-order valence-corrected chi connectivity index (χ3v) is 5.72. The maximum Gasteiger partial charge on any atom is 0.234 e. The van der Waals surface area contributed by atoms with Gasteiger partial charge in [-0.15, -0.1) is 11.3 Å². The highest BCUT2D eigenvalue weighted by Crippen LogP contribution is 2.29. The number of carbonyl (C=O) groups excluding carboxylic acids is 1. The molecule has 0 aliphatic carbocycles. The first-order chi connectivity index (χ1) is 12.9. The van der Waals surface area contributed by atoms with Gasteiger partial charge in [-0.25, -0.2) is 4.98 Å². The lowest BCUT2D eigenvalue weighted by Crippen LogP contribution is -2.14. The summed E-state index contributed by atoms with van der Waals surface area (Å²) in [7, 11) is 0. The lowest BCUT2D eigenvalue weighted by molar-refractivity contribution is -0.113. The third kappa shape index (κ3) is 5.84. The van der Waals surface area contributed by atoms with Crippen LogP contribution in [0.5, 0.6) is 11.5 Å². The molecule has 0 aliphatic rings. The molecule has 140 valence electrons. The first-order valence-corrected chi connectivity index (χ1v) is 10.5. The zero-order valence-electron chi connectivity index (χ0n) is 15.6. The average molecular weight is 399 g/mol. The van der Waals surface area contributed by atoms with Gasteiger partial charge in [0.1, 0.15) is 11.5 Å². The number of nitrogens with one attached hydrogen (secondary N) is 1. The van der Waals surface area contributed by atoms with Crippen molar-refractivity contribution < 1.29 is 9.53 Å². The Bertz CT molecular complexity index is 885. The second kappa shape index (κ2) is 8.59. The molecule has 0 atom stereocenters. The monoisotopic (exact) mass is 398 g/mol. The number of carbonyl (C=O) groups is 1. The SMILES string of the molecule is CC(C)(C)c1csc(SCC(=O)Nc2ccc(Oc3ccccc3)cc2)n1. The Morgan fingerprint density at radius 1 is 1.07 bits per heavy atom. The highest BCUT2D eigenvalue weighted by Gasteiger charge is 2.18. The topological polar surface area (TPSA) is 51.2 Å². The van der Waals surface area contributed by atoms with Crippen molar-refractivity contribution in [1.82, 2.24) is 4.98 Å². The van der Waals surface area contributed by atoms with E-state index in [1.165, 1.54) is 11.8 Å². The highest BCUT2D eigenvalue weighted by molar-refractivity contribution is 8.01. The van der Waals surface area contributed by atoms with Crippen LogP contribution in [0.2, 0.25) is 0 Å². The Morgan fingerprint density at radius 3 is 2.37 bits per heavy atom. The maximum absolute atomic E-state index is 12.2. The number of benzene rings is 2. The molecule has 0 radical (unpaired) electrons. The Morgan fingerprint density at radius 2 is 1.74 bits per heavy atom. The van der Waals surface area contributed by atoms with E-state index in [2.05, 4.69) is 36.5 Å². The zero-order valence-corrected chi connectivity index (χ0v) is 17.2. The van der Waals surface area contributed by atoms with Gasteiger partial charge in [0.2, 0.25) is 5.91 Å². The number of hydrogen-bond acceptors (Lipinski definition) is 5. The summed E-state index contributed by atoms with van der Waals surface area (Å²) < 4.78 is 6.67. The van der Waals surface area contributed by atoms with Gasteiger partial charge in [0.15, 0.2) is 4.34 Å². The largest absolute Gasteiger partial charge is 0.457 e. The van der Waals surface area contributed by atoms with Crippen LogP contribution < -0.4 is 10.1 Å². The molecular weight excluding hydrogens is 376 g/mol. The van der Waals surface area contributed by atoms with E-state index in [1.807, 2.05) is 54.6 Å². The first-order valence-electron chi connectivity index (χ1n) is 8.62. The van der Waals surface area contributed by atoms with Crippen molar-refractivity contribution in [1.29, 1.82) is 0 Å². The number of anilines is 1. The average Bonchev–Trinajstić information content (AvgIpc) is 3.12. The molecule has 0 fully saturated rings. The molecule has 27 heavy (non-hydrogen) atoms. The maximum atomic E-state index is 12.2. The third-order valence-electron chi connectivity index (χ3n) is 3.70. The number of thiazole rings is 1. The molecular formula is C21H22N2O2S2. The predicted molar refractivity (Wildman–Crippen MR) is 113 cm³/mol. The molecule has 1 aromatic heterocycles. The molecule has 1 N–H and O–H groups in total. The van der Waals surface area contributed by atoms with Gasteiger partial charge in [-0.1, -0.05) is 50.7 Å². The Hall–Kier alpha value is -2.31. The highest BCUT2D eigenvalue weighted by atomic mass is 32.2. The van der Waals surface area contributed by atoms with Gasteiger partial charge >= 0.3 is 0 Å². The van der Waals surface area contributed by atoms with Crippen LogP contribution in [0, 0.1) is 0 Å². The number of rotatable bonds is 6. The van der Waals surface area contributed by atoms with E-state index in [-0.39, 0.29) is 11.3 Å². The molecule has 2 aromatic carbocycles. The van der Waals surface area contributed by atoms with Crippen molar-refractivity contribution in [3.05, 3.63) is 65.7 Å². The van der Waals surface area contributed by atoms with Gasteiger partial charge in [-0.3, -0.25) is 4.79 Å². The van der Waals surface area contributed by atoms with E-state index in [9.17, 15) is 4.79 Å². The first kappa shape index (κ1) is 19.5. The molecule has 4 nitrogen and oxygen atoms in total. The van der Waals surface area contributed by atoms with Crippen molar-refractivity contribution in [3.8, 4) is 11.5 Å². The lowest BCUT2D eigenvalue weighted by atomic mass is 9.93. The van der Waals surface area contributed by atoms with Crippen LogP contribution in [0.1, 0.15) is 26.5 Å². The normalized spacial score (nSPS) is 11.2. The van der Waals surface area contributed by atoms with Crippen LogP contribution in [-0.2, 0) is 10.2 Å². The summed E-state index contributed by atoms with van der Waals surface area (Å²) in [5, 5.41) is 4.96. The molecule has 0 saturated carbocycles. The minimum Gasteiger partial charge on any atom is -0.457 e. The van der Waals surface area contributed by atoms with Crippen molar-refractivity contribution in [3.63, 3.8) is 0 Å². The van der Waals surface area contributed by atoms with E-state index in [0.29, 0.717) is 5.75 Å². The minimum absolute atomic E-state index is 0.0289. The number of amides is 1. The Kier molecular flexibility index (Phi) is 6.19. The number of thioether (sulfide) groups is 1. The van der Waals surface area contributed by atoms with Gasteiger partial charge in [0.05, 0.1) is 11.4 Å². The summed E-state index contributed by atoms with van der Waals surface area (Å²) >= 11 is 3.04. The van der Waals surface area contributed by atoms with Crippen molar-refractivity contribution >= 4 is 34.7 Å². The van der Waals surface area contributed by atoms with Crippen LogP contribution >= 0.6 is 23.1 Å². The summed E-state index contributed by atoms with van der Waals surface area (Å²) in [5.74, 6) is 1.79. The molecule has 1 amide bonds. The Balaban J connectivity index is 1.50. The van der Waals surface area contributed by atoms with Gasteiger partial charge in [-0.2, -0.15) is 0 Å².